The molecule has 1 aliphatic rings. The smallest absolute Gasteiger partial charge is 0.312 e. The van der Waals surface area contributed by atoms with Crippen LogP contribution < -0.4 is 4.74 Å². The lowest BCUT2D eigenvalue weighted by molar-refractivity contribution is -0.386. The number of carbonyl (C=O) groups is 1. The predicted molar refractivity (Wildman–Crippen MR) is 65.9 cm³/mol. The Morgan fingerprint density at radius 2 is 2.17 bits per heavy atom. The average molecular weight is 270 g/mol. The van der Waals surface area contributed by atoms with Crippen LogP contribution in [0, 0.1) is 15.5 Å². The number of nitro groups is 1. The summed E-state index contributed by atoms with van der Waals surface area (Å²) in [6.07, 6.45) is -0.0443. The second kappa shape index (κ2) is 4.24. The highest BCUT2D eigenvalue weighted by molar-refractivity contribution is 6.30. The molecule has 0 N–H and O–H groups in total. The predicted octanol–water partition coefficient (Wildman–Crippen LogP) is 2.99. The fourth-order valence-corrected chi connectivity index (χ4v) is 1.98. The first-order chi connectivity index (χ1) is 8.32. The van der Waals surface area contributed by atoms with Crippen LogP contribution in [0.2, 0.25) is 5.02 Å². The minimum absolute atomic E-state index is 0.101. The first kappa shape index (κ1) is 12.8. The molecule has 0 aliphatic heterocycles. The van der Waals surface area contributed by atoms with Crippen molar-refractivity contribution in [2.75, 3.05) is 0 Å². The molecule has 5 nitrogen and oxygen atoms in total. The van der Waals surface area contributed by atoms with Gasteiger partial charge in [-0.25, -0.2) is 0 Å². The summed E-state index contributed by atoms with van der Waals surface area (Å²) in [5.41, 5.74) is -0.773. The van der Waals surface area contributed by atoms with Crippen LogP contribution in [-0.2, 0) is 4.79 Å². The lowest BCUT2D eigenvalue weighted by Gasteiger charge is -2.41. The molecule has 0 spiro atoms. The summed E-state index contributed by atoms with van der Waals surface area (Å²) in [6, 6.07) is 4.22. The van der Waals surface area contributed by atoms with Crippen molar-refractivity contribution in [1.29, 1.82) is 0 Å². The topological polar surface area (TPSA) is 69.4 Å². The molecule has 1 atom stereocenters. The van der Waals surface area contributed by atoms with Crippen molar-refractivity contribution >= 4 is 23.1 Å². The Morgan fingerprint density at radius 1 is 1.50 bits per heavy atom. The quantitative estimate of drug-likeness (QED) is 0.625. The van der Waals surface area contributed by atoms with E-state index in [-0.39, 0.29) is 34.8 Å². The molecule has 1 saturated carbocycles. The number of ether oxygens (including phenoxy) is 1. The van der Waals surface area contributed by atoms with Crippen LogP contribution in [-0.4, -0.2) is 16.8 Å². The normalized spacial score (nSPS) is 21.3. The molecule has 0 bridgehead atoms. The fraction of sp³-hybridized carbons (Fsp3) is 0.417. The Kier molecular flexibility index (Phi) is 3.02. The summed E-state index contributed by atoms with van der Waals surface area (Å²) in [6.45, 7) is 3.54. The Bertz CT molecular complexity index is 527. The molecule has 0 aromatic heterocycles. The molecule has 1 aromatic carbocycles. The van der Waals surface area contributed by atoms with Crippen molar-refractivity contribution in [1.82, 2.24) is 0 Å². The van der Waals surface area contributed by atoms with Gasteiger partial charge < -0.3 is 4.74 Å². The molecular formula is C12H12ClNO4. The molecule has 1 aliphatic carbocycles. The third-order valence-corrected chi connectivity index (χ3v) is 3.52. The summed E-state index contributed by atoms with van der Waals surface area (Å²) in [4.78, 5) is 21.7. The summed E-state index contributed by atoms with van der Waals surface area (Å²) in [5, 5.41) is 11.2. The van der Waals surface area contributed by atoms with Crippen molar-refractivity contribution in [3.8, 4) is 5.75 Å². The number of benzene rings is 1. The van der Waals surface area contributed by atoms with Crippen LogP contribution in [0.3, 0.4) is 0 Å². The Morgan fingerprint density at radius 3 is 2.67 bits per heavy atom. The van der Waals surface area contributed by atoms with Crippen LogP contribution >= 0.6 is 11.6 Å². The number of ketones is 1. The Balaban J connectivity index is 2.25. The zero-order valence-electron chi connectivity index (χ0n) is 9.97. The lowest BCUT2D eigenvalue weighted by atomic mass is 9.68. The van der Waals surface area contributed by atoms with E-state index in [4.69, 9.17) is 16.3 Å². The van der Waals surface area contributed by atoms with E-state index in [9.17, 15) is 14.9 Å². The van der Waals surface area contributed by atoms with Gasteiger partial charge in [0.15, 0.2) is 5.75 Å². The maximum absolute atomic E-state index is 11.4. The number of halogens is 1. The summed E-state index contributed by atoms with van der Waals surface area (Å²) in [7, 11) is 0. The maximum atomic E-state index is 11.4. The van der Waals surface area contributed by atoms with Crippen molar-refractivity contribution in [3.63, 3.8) is 0 Å². The van der Waals surface area contributed by atoms with Gasteiger partial charge in [0, 0.05) is 17.5 Å². The molecule has 1 unspecified atom stereocenters. The molecule has 0 saturated heterocycles. The van der Waals surface area contributed by atoms with Crippen molar-refractivity contribution in [2.24, 2.45) is 5.41 Å². The number of nitro benzene ring substituents is 1. The standard InChI is InChI=1S/C12H12ClNO4/c1-12(2)10(15)6-11(12)18-9-4-3-7(13)5-8(9)14(16)17/h3-5,11H,6H2,1-2H3. The minimum Gasteiger partial charge on any atom is -0.482 e. The molecule has 1 aromatic rings. The van der Waals surface area contributed by atoms with Crippen molar-refractivity contribution in [3.05, 3.63) is 33.3 Å². The van der Waals surface area contributed by atoms with Crippen LogP contribution in [0.4, 0.5) is 5.69 Å². The van der Waals surface area contributed by atoms with Crippen LogP contribution in [0.25, 0.3) is 0 Å². The lowest BCUT2D eigenvalue weighted by Crippen LogP contribution is -2.53. The molecule has 2 rings (SSSR count). The summed E-state index contributed by atoms with van der Waals surface area (Å²) >= 11 is 5.71. The van der Waals surface area contributed by atoms with Crippen LogP contribution in [0.15, 0.2) is 18.2 Å². The highest BCUT2D eigenvalue weighted by Crippen LogP contribution is 2.41. The third-order valence-electron chi connectivity index (χ3n) is 3.28. The summed E-state index contributed by atoms with van der Waals surface area (Å²) in [5.74, 6) is 0.249. The zero-order valence-corrected chi connectivity index (χ0v) is 10.7. The van der Waals surface area contributed by atoms with E-state index >= 15 is 0 Å². The number of hydrogen-bond donors (Lipinski definition) is 0. The van der Waals surface area contributed by atoms with Crippen molar-refractivity contribution < 1.29 is 14.5 Å². The SMILES string of the molecule is CC1(C)C(=O)CC1Oc1ccc(Cl)cc1[N+](=O)[O-]. The maximum Gasteiger partial charge on any atom is 0.312 e. The van der Waals surface area contributed by atoms with Gasteiger partial charge in [-0.05, 0) is 26.0 Å². The highest BCUT2D eigenvalue weighted by atomic mass is 35.5. The molecule has 0 heterocycles. The number of nitrogens with zero attached hydrogens (tertiary/aromatic N) is 1. The van der Waals surface area contributed by atoms with E-state index < -0.39 is 10.3 Å². The zero-order chi connectivity index (χ0) is 13.5. The Labute approximate surface area is 109 Å². The largest absolute Gasteiger partial charge is 0.482 e. The molecular weight excluding hydrogens is 258 g/mol. The van der Waals surface area contributed by atoms with Gasteiger partial charge in [0.25, 0.3) is 0 Å². The van der Waals surface area contributed by atoms with E-state index in [2.05, 4.69) is 0 Å². The van der Waals surface area contributed by atoms with Gasteiger partial charge in [0.2, 0.25) is 0 Å². The van der Waals surface area contributed by atoms with Crippen molar-refractivity contribution in [2.45, 2.75) is 26.4 Å². The van der Waals surface area contributed by atoms with Gasteiger partial charge in [0.05, 0.1) is 10.3 Å². The van der Waals surface area contributed by atoms with E-state index in [0.29, 0.717) is 0 Å². The molecule has 1 fully saturated rings. The fourth-order valence-electron chi connectivity index (χ4n) is 1.81. The van der Waals surface area contributed by atoms with E-state index in [0.717, 1.165) is 0 Å². The van der Waals surface area contributed by atoms with Gasteiger partial charge in [-0.2, -0.15) is 0 Å². The van der Waals surface area contributed by atoms with Gasteiger partial charge in [-0.15, -0.1) is 0 Å². The highest BCUT2D eigenvalue weighted by Gasteiger charge is 2.49. The minimum atomic E-state index is -0.590. The molecule has 96 valence electrons. The average Bonchev–Trinajstić information content (AvgIpc) is 2.30. The first-order valence-corrected chi connectivity index (χ1v) is 5.84. The molecule has 18 heavy (non-hydrogen) atoms. The van der Waals surface area contributed by atoms with Crippen LogP contribution in [0.5, 0.6) is 5.75 Å². The van der Waals surface area contributed by atoms with E-state index in [1.165, 1.54) is 18.2 Å². The second-order valence-corrected chi connectivity index (χ2v) is 5.26. The second-order valence-electron chi connectivity index (χ2n) is 4.82. The van der Waals surface area contributed by atoms with Gasteiger partial charge in [0.1, 0.15) is 11.9 Å². The number of rotatable bonds is 3. The first-order valence-electron chi connectivity index (χ1n) is 5.46. The Hall–Kier alpha value is -1.62. The number of carbonyl (C=O) groups excluding carboxylic acids is 1. The molecule has 0 amide bonds. The molecule has 6 heteroatoms. The third kappa shape index (κ3) is 2.06. The summed E-state index contributed by atoms with van der Waals surface area (Å²) < 4.78 is 5.56. The van der Waals surface area contributed by atoms with Crippen LogP contribution in [0.1, 0.15) is 20.3 Å². The van der Waals surface area contributed by atoms with E-state index in [1.54, 1.807) is 13.8 Å². The van der Waals surface area contributed by atoms with Gasteiger partial charge >= 0.3 is 5.69 Å². The number of Topliss-reactive ketones (excluding diaryl/α,β-unsaturated/α-hetero) is 1. The number of hydrogen-bond acceptors (Lipinski definition) is 4. The monoisotopic (exact) mass is 269 g/mol. The van der Waals surface area contributed by atoms with Gasteiger partial charge in [-0.1, -0.05) is 11.6 Å². The molecule has 0 radical (unpaired) electrons. The van der Waals surface area contributed by atoms with Gasteiger partial charge in [-0.3, -0.25) is 14.9 Å². The van der Waals surface area contributed by atoms with E-state index in [1.807, 2.05) is 0 Å².